The van der Waals surface area contributed by atoms with Crippen molar-refractivity contribution in [2.24, 2.45) is 0 Å². The highest BCUT2D eigenvalue weighted by Crippen LogP contribution is 2.32. The molecule has 21 heavy (non-hydrogen) atoms. The minimum Gasteiger partial charge on any atom is -0.394 e. The summed E-state index contributed by atoms with van der Waals surface area (Å²) in [6.07, 6.45) is 0.131. The standard InChI is InChI=1S/C12H18N6O3/c1-17(2)9-8-10(16-12(13)15-9)18(5-14-8)11-7(20)3-6(4-19)21-11/h5-7,11,19-20H,3-4H2,1-2H3,(H2,13,15,16). The van der Waals surface area contributed by atoms with Crippen LogP contribution in [0.25, 0.3) is 11.2 Å². The fourth-order valence-corrected chi connectivity index (χ4v) is 2.51. The number of ether oxygens (including phenoxy) is 1. The first kappa shape index (κ1) is 14.0. The van der Waals surface area contributed by atoms with E-state index in [-0.39, 0.29) is 12.6 Å². The second-order valence-corrected chi connectivity index (χ2v) is 5.26. The zero-order chi connectivity index (χ0) is 15.1. The Kier molecular flexibility index (Phi) is 3.40. The largest absolute Gasteiger partial charge is 0.394 e. The van der Waals surface area contributed by atoms with Crippen molar-refractivity contribution in [3.8, 4) is 0 Å². The van der Waals surface area contributed by atoms with Crippen molar-refractivity contribution in [1.82, 2.24) is 19.5 Å². The Hall–Kier alpha value is -1.97. The van der Waals surface area contributed by atoms with Crippen molar-refractivity contribution in [3.05, 3.63) is 6.33 Å². The van der Waals surface area contributed by atoms with Crippen LogP contribution in [0, 0.1) is 0 Å². The Morgan fingerprint density at radius 3 is 2.86 bits per heavy atom. The molecule has 1 aliphatic heterocycles. The molecule has 2 aromatic rings. The van der Waals surface area contributed by atoms with E-state index in [1.165, 1.54) is 0 Å². The highest BCUT2D eigenvalue weighted by Gasteiger charge is 2.36. The van der Waals surface area contributed by atoms with Crippen LogP contribution < -0.4 is 10.6 Å². The van der Waals surface area contributed by atoms with Gasteiger partial charge in [-0.2, -0.15) is 9.97 Å². The van der Waals surface area contributed by atoms with Gasteiger partial charge in [0.25, 0.3) is 0 Å². The minimum absolute atomic E-state index is 0.124. The Labute approximate surface area is 121 Å². The summed E-state index contributed by atoms with van der Waals surface area (Å²) in [6.45, 7) is -0.139. The molecular formula is C12H18N6O3. The van der Waals surface area contributed by atoms with E-state index in [0.29, 0.717) is 23.4 Å². The molecule has 0 bridgehead atoms. The topological polar surface area (TPSA) is 123 Å². The van der Waals surface area contributed by atoms with Gasteiger partial charge < -0.3 is 25.6 Å². The molecule has 3 atom stereocenters. The lowest BCUT2D eigenvalue weighted by Crippen LogP contribution is -2.20. The Bertz CT molecular complexity index is 658. The molecule has 114 valence electrons. The van der Waals surface area contributed by atoms with Crippen LogP contribution in [0.3, 0.4) is 0 Å². The summed E-state index contributed by atoms with van der Waals surface area (Å²) in [5.74, 6) is 0.724. The molecule has 1 saturated heterocycles. The summed E-state index contributed by atoms with van der Waals surface area (Å²) in [5, 5.41) is 19.3. The number of anilines is 2. The summed E-state index contributed by atoms with van der Waals surface area (Å²) < 4.78 is 7.25. The van der Waals surface area contributed by atoms with Gasteiger partial charge in [-0.3, -0.25) is 4.57 Å². The predicted octanol–water partition coefficient (Wildman–Crippen LogP) is -0.885. The summed E-state index contributed by atoms with van der Waals surface area (Å²) in [6, 6.07) is 0. The van der Waals surface area contributed by atoms with Crippen molar-refractivity contribution < 1.29 is 14.9 Å². The molecule has 9 heteroatoms. The molecule has 0 radical (unpaired) electrons. The summed E-state index contributed by atoms with van der Waals surface area (Å²) >= 11 is 0. The Morgan fingerprint density at radius 1 is 1.48 bits per heavy atom. The molecule has 1 fully saturated rings. The molecule has 2 aromatic heterocycles. The average molecular weight is 294 g/mol. The molecule has 3 heterocycles. The van der Waals surface area contributed by atoms with Gasteiger partial charge in [0.05, 0.1) is 19.0 Å². The van der Waals surface area contributed by atoms with Gasteiger partial charge in [-0.25, -0.2) is 4.98 Å². The van der Waals surface area contributed by atoms with Crippen LogP contribution in [0.2, 0.25) is 0 Å². The number of aliphatic hydroxyl groups is 2. The van der Waals surface area contributed by atoms with Crippen LogP contribution in [0.1, 0.15) is 12.6 Å². The first-order valence-electron chi connectivity index (χ1n) is 6.63. The van der Waals surface area contributed by atoms with Crippen molar-refractivity contribution in [2.45, 2.75) is 24.9 Å². The predicted molar refractivity (Wildman–Crippen MR) is 75.7 cm³/mol. The number of nitrogen functional groups attached to an aromatic ring is 1. The fourth-order valence-electron chi connectivity index (χ4n) is 2.51. The molecule has 0 spiro atoms. The van der Waals surface area contributed by atoms with Gasteiger partial charge in [0.2, 0.25) is 5.95 Å². The summed E-state index contributed by atoms with van der Waals surface area (Å²) in [7, 11) is 3.67. The third-order valence-electron chi connectivity index (χ3n) is 3.49. The second-order valence-electron chi connectivity index (χ2n) is 5.26. The molecule has 3 rings (SSSR count). The molecule has 9 nitrogen and oxygen atoms in total. The van der Waals surface area contributed by atoms with E-state index in [1.54, 1.807) is 15.8 Å². The maximum Gasteiger partial charge on any atom is 0.224 e. The van der Waals surface area contributed by atoms with Crippen LogP contribution in [0.5, 0.6) is 0 Å². The Morgan fingerprint density at radius 2 is 2.24 bits per heavy atom. The zero-order valence-corrected chi connectivity index (χ0v) is 11.8. The van der Waals surface area contributed by atoms with E-state index in [9.17, 15) is 5.11 Å². The number of nitrogens with two attached hydrogens (primary N) is 1. The van der Waals surface area contributed by atoms with Gasteiger partial charge in [-0.05, 0) is 0 Å². The van der Waals surface area contributed by atoms with E-state index in [2.05, 4.69) is 15.0 Å². The molecule has 1 aliphatic rings. The smallest absolute Gasteiger partial charge is 0.224 e. The molecular weight excluding hydrogens is 276 g/mol. The van der Waals surface area contributed by atoms with Gasteiger partial charge in [-0.15, -0.1) is 0 Å². The third-order valence-corrected chi connectivity index (χ3v) is 3.49. The summed E-state index contributed by atoms with van der Waals surface area (Å²) in [5.41, 5.74) is 6.82. The summed E-state index contributed by atoms with van der Waals surface area (Å²) in [4.78, 5) is 14.4. The fraction of sp³-hybridized carbons (Fsp3) is 0.583. The first-order chi connectivity index (χ1) is 10.0. The van der Waals surface area contributed by atoms with Gasteiger partial charge in [0.1, 0.15) is 6.10 Å². The molecule has 0 aliphatic carbocycles. The SMILES string of the molecule is CN(C)c1nc(N)nc2c1ncn2C1OC(CO)CC1O. The van der Waals surface area contributed by atoms with Crippen LogP contribution in [0.4, 0.5) is 11.8 Å². The van der Waals surface area contributed by atoms with E-state index in [1.807, 2.05) is 14.1 Å². The number of fused-ring (bicyclic) bond motifs is 1. The molecule has 0 amide bonds. The van der Waals surface area contributed by atoms with E-state index < -0.39 is 18.4 Å². The van der Waals surface area contributed by atoms with Crippen LogP contribution in [-0.2, 0) is 4.74 Å². The van der Waals surface area contributed by atoms with Crippen molar-refractivity contribution >= 4 is 22.9 Å². The normalized spacial score (nSPS) is 25.6. The number of aliphatic hydroxyl groups excluding tert-OH is 2. The minimum atomic E-state index is -0.737. The molecule has 4 N–H and O–H groups in total. The molecule has 0 aromatic carbocycles. The lowest BCUT2D eigenvalue weighted by atomic mass is 10.2. The number of aromatic nitrogens is 4. The number of imidazole rings is 1. The highest BCUT2D eigenvalue weighted by molar-refractivity contribution is 5.84. The van der Waals surface area contributed by atoms with Crippen molar-refractivity contribution in [2.75, 3.05) is 31.3 Å². The number of hydrogen-bond acceptors (Lipinski definition) is 8. The van der Waals surface area contributed by atoms with E-state index >= 15 is 0 Å². The van der Waals surface area contributed by atoms with E-state index in [4.69, 9.17) is 15.6 Å². The van der Waals surface area contributed by atoms with Gasteiger partial charge in [0.15, 0.2) is 23.2 Å². The van der Waals surface area contributed by atoms with Gasteiger partial charge >= 0.3 is 0 Å². The first-order valence-corrected chi connectivity index (χ1v) is 6.63. The number of hydrogen-bond donors (Lipinski definition) is 3. The highest BCUT2D eigenvalue weighted by atomic mass is 16.5. The average Bonchev–Trinajstić information content (AvgIpc) is 3.00. The quantitative estimate of drug-likeness (QED) is 0.666. The third kappa shape index (κ3) is 2.28. The number of rotatable bonds is 3. The number of nitrogens with zero attached hydrogens (tertiary/aromatic N) is 5. The maximum absolute atomic E-state index is 10.1. The molecule has 0 saturated carbocycles. The van der Waals surface area contributed by atoms with Gasteiger partial charge in [-0.1, -0.05) is 0 Å². The second kappa shape index (κ2) is 5.10. The van der Waals surface area contributed by atoms with Crippen LogP contribution in [-0.4, -0.2) is 62.6 Å². The van der Waals surface area contributed by atoms with Crippen LogP contribution >= 0.6 is 0 Å². The van der Waals surface area contributed by atoms with E-state index in [0.717, 1.165) is 0 Å². The molecule has 3 unspecified atom stereocenters. The van der Waals surface area contributed by atoms with Crippen LogP contribution in [0.15, 0.2) is 6.33 Å². The maximum atomic E-state index is 10.1. The van der Waals surface area contributed by atoms with Gasteiger partial charge in [0, 0.05) is 20.5 Å². The lowest BCUT2D eigenvalue weighted by Gasteiger charge is -2.17. The zero-order valence-electron chi connectivity index (χ0n) is 11.8. The van der Waals surface area contributed by atoms with Crippen molar-refractivity contribution in [1.29, 1.82) is 0 Å². The monoisotopic (exact) mass is 294 g/mol. The Balaban J connectivity index is 2.08. The lowest BCUT2D eigenvalue weighted by molar-refractivity contribution is -0.0486. The van der Waals surface area contributed by atoms with Crippen molar-refractivity contribution in [3.63, 3.8) is 0 Å².